The number of ether oxygens (including phenoxy) is 1. The topological polar surface area (TPSA) is 12.5 Å². The molecule has 1 unspecified atom stereocenters. The van der Waals surface area contributed by atoms with E-state index in [9.17, 15) is 4.39 Å². The molecular weight excluding hydrogens is 301 g/mol. The third kappa shape index (κ3) is 2.71. The average molecular weight is 325 g/mol. The molecule has 1 fully saturated rings. The normalized spacial score (nSPS) is 26.0. The molecule has 2 nitrogen and oxygen atoms in total. The standard InChI is InChI=1S/C21H24FNO/c1-23-13-20-18-9-7-17(24-2)12-15(18)6-8-19(20)21(23)11-14-4-3-5-16(22)10-14/h3-5,7,9-10,12,19-21H,6,8,11,13H2,1-2H3/t19?,20-,21-/m1/s1. The summed E-state index contributed by atoms with van der Waals surface area (Å²) in [4.78, 5) is 2.47. The molecule has 1 aliphatic heterocycles. The predicted molar refractivity (Wildman–Crippen MR) is 94.1 cm³/mol. The summed E-state index contributed by atoms with van der Waals surface area (Å²) in [5, 5.41) is 0. The molecule has 4 rings (SSSR count). The van der Waals surface area contributed by atoms with Gasteiger partial charge in [0.1, 0.15) is 11.6 Å². The van der Waals surface area contributed by atoms with Gasteiger partial charge in [-0.15, -0.1) is 0 Å². The summed E-state index contributed by atoms with van der Waals surface area (Å²) < 4.78 is 18.9. The lowest BCUT2D eigenvalue weighted by Crippen LogP contribution is -2.32. The van der Waals surface area contributed by atoms with Crippen molar-refractivity contribution in [2.75, 3.05) is 20.7 Å². The van der Waals surface area contributed by atoms with Crippen LogP contribution in [-0.4, -0.2) is 31.6 Å². The number of hydrogen-bond acceptors (Lipinski definition) is 2. The first kappa shape index (κ1) is 15.6. The fraction of sp³-hybridized carbons (Fsp3) is 0.429. The Bertz CT molecular complexity index is 744. The monoisotopic (exact) mass is 325 g/mol. The van der Waals surface area contributed by atoms with E-state index in [1.807, 2.05) is 12.1 Å². The number of likely N-dealkylation sites (tertiary alicyclic amines) is 1. The molecule has 2 aromatic carbocycles. The van der Waals surface area contributed by atoms with Crippen molar-refractivity contribution in [3.05, 3.63) is 65.0 Å². The Balaban J connectivity index is 1.59. The lowest BCUT2D eigenvalue weighted by Gasteiger charge is -2.31. The van der Waals surface area contributed by atoms with Crippen LogP contribution in [0.2, 0.25) is 0 Å². The molecule has 0 bridgehead atoms. The SMILES string of the molecule is COc1ccc2c(c1)CCC1[C@@H]2CN(C)[C@@H]1Cc1cccc(F)c1. The summed E-state index contributed by atoms with van der Waals surface area (Å²) in [6.07, 6.45) is 3.25. The predicted octanol–water partition coefficient (Wildman–Crippen LogP) is 4.04. The number of hydrogen-bond donors (Lipinski definition) is 0. The molecule has 126 valence electrons. The fourth-order valence-electron chi connectivity index (χ4n) is 4.72. The first-order valence-corrected chi connectivity index (χ1v) is 8.77. The second kappa shape index (κ2) is 6.21. The van der Waals surface area contributed by atoms with Crippen molar-refractivity contribution in [2.45, 2.75) is 31.2 Å². The van der Waals surface area contributed by atoms with Crippen LogP contribution in [0.3, 0.4) is 0 Å². The molecule has 0 radical (unpaired) electrons. The Kier molecular flexibility index (Phi) is 4.05. The number of likely N-dealkylation sites (N-methyl/N-ethyl adjacent to an activating group) is 1. The molecule has 0 saturated carbocycles. The average Bonchev–Trinajstić information content (AvgIpc) is 2.90. The highest BCUT2D eigenvalue weighted by Gasteiger charge is 2.43. The van der Waals surface area contributed by atoms with Gasteiger partial charge in [0, 0.05) is 18.5 Å². The maximum absolute atomic E-state index is 13.5. The lowest BCUT2D eigenvalue weighted by molar-refractivity contribution is 0.259. The van der Waals surface area contributed by atoms with E-state index in [-0.39, 0.29) is 5.82 Å². The van der Waals surface area contributed by atoms with Gasteiger partial charge in [0.25, 0.3) is 0 Å². The second-order valence-electron chi connectivity index (χ2n) is 7.21. The summed E-state index contributed by atoms with van der Waals surface area (Å²) in [5.74, 6) is 2.06. The minimum atomic E-state index is -0.134. The van der Waals surface area contributed by atoms with Crippen LogP contribution in [0.15, 0.2) is 42.5 Å². The van der Waals surface area contributed by atoms with Crippen LogP contribution >= 0.6 is 0 Å². The van der Waals surface area contributed by atoms with Crippen molar-refractivity contribution in [1.29, 1.82) is 0 Å². The Morgan fingerprint density at radius 1 is 1.21 bits per heavy atom. The van der Waals surface area contributed by atoms with Crippen molar-refractivity contribution in [2.24, 2.45) is 5.92 Å². The molecule has 0 aromatic heterocycles. The van der Waals surface area contributed by atoms with Gasteiger partial charge in [0.05, 0.1) is 7.11 Å². The number of aryl methyl sites for hydroxylation is 1. The number of benzene rings is 2. The maximum atomic E-state index is 13.5. The molecular formula is C21H24FNO. The Hall–Kier alpha value is -1.87. The highest BCUT2D eigenvalue weighted by atomic mass is 19.1. The molecule has 2 aliphatic rings. The van der Waals surface area contributed by atoms with Crippen molar-refractivity contribution < 1.29 is 9.13 Å². The third-order valence-electron chi connectivity index (χ3n) is 5.89. The van der Waals surface area contributed by atoms with E-state index in [0.717, 1.165) is 30.7 Å². The first-order chi connectivity index (χ1) is 11.7. The number of fused-ring (bicyclic) bond motifs is 3. The highest BCUT2D eigenvalue weighted by molar-refractivity contribution is 5.41. The summed E-state index contributed by atoms with van der Waals surface area (Å²) in [7, 11) is 3.94. The zero-order chi connectivity index (χ0) is 16.7. The van der Waals surface area contributed by atoms with Gasteiger partial charge in [-0.1, -0.05) is 18.2 Å². The van der Waals surface area contributed by atoms with Crippen LogP contribution in [0, 0.1) is 11.7 Å². The van der Waals surface area contributed by atoms with Gasteiger partial charge in [-0.05, 0) is 73.2 Å². The van der Waals surface area contributed by atoms with Gasteiger partial charge in [0.15, 0.2) is 0 Å². The largest absolute Gasteiger partial charge is 0.497 e. The molecule has 2 aromatic rings. The summed E-state index contributed by atoms with van der Waals surface area (Å²) in [6.45, 7) is 1.09. The van der Waals surface area contributed by atoms with E-state index in [4.69, 9.17) is 4.74 Å². The second-order valence-corrected chi connectivity index (χ2v) is 7.21. The van der Waals surface area contributed by atoms with E-state index >= 15 is 0 Å². The van der Waals surface area contributed by atoms with Gasteiger partial charge in [-0.25, -0.2) is 4.39 Å². The van der Waals surface area contributed by atoms with E-state index in [1.165, 1.54) is 23.6 Å². The van der Waals surface area contributed by atoms with Crippen molar-refractivity contribution in [3.63, 3.8) is 0 Å². The van der Waals surface area contributed by atoms with Crippen LogP contribution in [0.4, 0.5) is 4.39 Å². The van der Waals surface area contributed by atoms with E-state index in [2.05, 4.69) is 30.1 Å². The van der Waals surface area contributed by atoms with Gasteiger partial charge in [0.2, 0.25) is 0 Å². The molecule has 3 heteroatoms. The molecule has 1 saturated heterocycles. The van der Waals surface area contributed by atoms with Crippen LogP contribution in [0.1, 0.15) is 29.0 Å². The maximum Gasteiger partial charge on any atom is 0.123 e. The summed E-state index contributed by atoms with van der Waals surface area (Å²) >= 11 is 0. The van der Waals surface area contributed by atoms with Crippen molar-refractivity contribution in [1.82, 2.24) is 4.90 Å². The van der Waals surface area contributed by atoms with E-state index in [0.29, 0.717) is 17.9 Å². The summed E-state index contributed by atoms with van der Waals surface area (Å²) in [6, 6.07) is 14.1. The van der Waals surface area contributed by atoms with E-state index in [1.54, 1.807) is 13.2 Å². The van der Waals surface area contributed by atoms with Gasteiger partial charge in [-0.2, -0.15) is 0 Å². The molecule has 0 spiro atoms. The number of methoxy groups -OCH3 is 1. The van der Waals surface area contributed by atoms with Crippen LogP contribution in [0.5, 0.6) is 5.75 Å². The molecule has 3 atom stereocenters. The quantitative estimate of drug-likeness (QED) is 0.844. The van der Waals surface area contributed by atoms with Crippen molar-refractivity contribution >= 4 is 0 Å². The highest BCUT2D eigenvalue weighted by Crippen LogP contribution is 2.45. The van der Waals surface area contributed by atoms with Crippen LogP contribution in [-0.2, 0) is 12.8 Å². The van der Waals surface area contributed by atoms with Gasteiger partial charge < -0.3 is 9.64 Å². The lowest BCUT2D eigenvalue weighted by atomic mass is 9.73. The van der Waals surface area contributed by atoms with E-state index < -0.39 is 0 Å². The Morgan fingerprint density at radius 2 is 2.08 bits per heavy atom. The zero-order valence-electron chi connectivity index (χ0n) is 14.3. The summed E-state index contributed by atoms with van der Waals surface area (Å²) in [5.41, 5.74) is 4.03. The minimum Gasteiger partial charge on any atom is -0.497 e. The number of rotatable bonds is 3. The molecule has 1 aliphatic carbocycles. The van der Waals surface area contributed by atoms with Crippen LogP contribution in [0.25, 0.3) is 0 Å². The smallest absolute Gasteiger partial charge is 0.123 e. The van der Waals surface area contributed by atoms with Gasteiger partial charge in [-0.3, -0.25) is 0 Å². The van der Waals surface area contributed by atoms with Crippen LogP contribution < -0.4 is 4.74 Å². The molecule has 0 N–H and O–H groups in total. The minimum absolute atomic E-state index is 0.134. The van der Waals surface area contributed by atoms with Crippen molar-refractivity contribution in [3.8, 4) is 5.75 Å². The molecule has 24 heavy (non-hydrogen) atoms. The van der Waals surface area contributed by atoms with Gasteiger partial charge >= 0.3 is 0 Å². The number of halogens is 1. The Labute approximate surface area is 143 Å². The third-order valence-corrected chi connectivity index (χ3v) is 5.89. The first-order valence-electron chi connectivity index (χ1n) is 8.77. The fourth-order valence-corrected chi connectivity index (χ4v) is 4.72. The molecule has 1 heterocycles. The zero-order valence-corrected chi connectivity index (χ0v) is 14.3. The number of nitrogens with zero attached hydrogens (tertiary/aromatic N) is 1. The molecule has 0 amide bonds. The Morgan fingerprint density at radius 3 is 2.88 bits per heavy atom.